The Morgan fingerprint density at radius 1 is 1.10 bits per heavy atom. The first kappa shape index (κ1) is 25.4. The molecule has 0 spiro atoms. The Bertz CT molecular complexity index is 1580. The lowest BCUT2D eigenvalue weighted by Crippen LogP contribution is -2.37. The van der Waals surface area contributed by atoms with Crippen molar-refractivity contribution in [2.75, 3.05) is 36.5 Å². The molecule has 1 amide bonds. The Hall–Kier alpha value is -3.86. The fourth-order valence-electron chi connectivity index (χ4n) is 4.89. The Morgan fingerprint density at radius 2 is 1.85 bits per heavy atom. The van der Waals surface area contributed by atoms with Gasteiger partial charge in [-0.05, 0) is 81.5 Å². The number of ether oxygens (including phenoxy) is 1. The SMILES string of the molecule is Cc1cc(F)c(NC(=O)c2cnn(C(C)(C)C)c2F)cc1-c1cc(N2CCOCC2)n2nc(C3CC3)nc2c1. The molecule has 4 heterocycles. The predicted molar refractivity (Wildman–Crippen MR) is 143 cm³/mol. The van der Waals surface area contributed by atoms with Crippen LogP contribution in [-0.4, -0.2) is 56.6 Å². The van der Waals surface area contributed by atoms with Gasteiger partial charge in [0, 0.05) is 19.0 Å². The monoisotopic (exact) mass is 535 g/mol. The summed E-state index contributed by atoms with van der Waals surface area (Å²) in [5.41, 5.74) is 2.00. The van der Waals surface area contributed by atoms with Crippen molar-refractivity contribution in [1.29, 1.82) is 0 Å². The molecule has 4 aromatic rings. The summed E-state index contributed by atoms with van der Waals surface area (Å²) in [6.07, 6.45) is 3.34. The number of nitrogens with one attached hydrogen (secondary N) is 1. The van der Waals surface area contributed by atoms with Crippen LogP contribution in [0.3, 0.4) is 0 Å². The highest BCUT2D eigenvalue weighted by Gasteiger charge is 2.29. The molecular formula is C28H31F2N7O2. The van der Waals surface area contributed by atoms with E-state index in [1.54, 1.807) is 26.8 Å². The van der Waals surface area contributed by atoms with E-state index in [-0.39, 0.29) is 11.3 Å². The maximum absolute atomic E-state index is 15.1. The number of hydrogen-bond donors (Lipinski definition) is 1. The van der Waals surface area contributed by atoms with E-state index in [1.165, 1.54) is 6.07 Å². The number of benzene rings is 1. The van der Waals surface area contributed by atoms with Gasteiger partial charge in [0.2, 0.25) is 5.95 Å². The number of fused-ring (bicyclic) bond motifs is 1. The van der Waals surface area contributed by atoms with Crippen LogP contribution in [0.5, 0.6) is 0 Å². The fourth-order valence-corrected chi connectivity index (χ4v) is 4.89. The summed E-state index contributed by atoms with van der Waals surface area (Å²) in [6, 6.07) is 6.91. The average Bonchev–Trinajstić information content (AvgIpc) is 3.53. The molecule has 1 aliphatic heterocycles. The topological polar surface area (TPSA) is 89.6 Å². The summed E-state index contributed by atoms with van der Waals surface area (Å²) in [7, 11) is 0. The van der Waals surface area contributed by atoms with Gasteiger partial charge in [-0.25, -0.2) is 14.1 Å². The summed E-state index contributed by atoms with van der Waals surface area (Å²) >= 11 is 0. The van der Waals surface area contributed by atoms with Gasteiger partial charge < -0.3 is 15.0 Å². The first-order chi connectivity index (χ1) is 18.6. The predicted octanol–water partition coefficient (Wildman–Crippen LogP) is 4.90. The number of anilines is 2. The van der Waals surface area contributed by atoms with Crippen LogP contribution in [-0.2, 0) is 10.3 Å². The van der Waals surface area contributed by atoms with Crippen molar-refractivity contribution in [2.45, 2.75) is 52.0 Å². The Labute approximate surface area is 224 Å². The Morgan fingerprint density at radius 3 is 2.51 bits per heavy atom. The maximum Gasteiger partial charge on any atom is 0.262 e. The van der Waals surface area contributed by atoms with Gasteiger partial charge in [0.05, 0.1) is 30.6 Å². The van der Waals surface area contributed by atoms with Gasteiger partial charge in [0.1, 0.15) is 17.2 Å². The Kier molecular flexibility index (Phi) is 6.13. The number of amides is 1. The maximum atomic E-state index is 15.1. The van der Waals surface area contributed by atoms with Gasteiger partial charge in [-0.3, -0.25) is 4.79 Å². The molecule has 204 valence electrons. The summed E-state index contributed by atoms with van der Waals surface area (Å²) in [6.45, 7) is 9.82. The molecule has 1 N–H and O–H groups in total. The van der Waals surface area contributed by atoms with Crippen molar-refractivity contribution in [3.63, 3.8) is 0 Å². The number of hydrogen-bond acceptors (Lipinski definition) is 6. The molecule has 0 atom stereocenters. The minimum atomic E-state index is -0.772. The van der Waals surface area contributed by atoms with Crippen molar-refractivity contribution in [2.24, 2.45) is 0 Å². The molecule has 3 aromatic heterocycles. The van der Waals surface area contributed by atoms with E-state index in [0.29, 0.717) is 43.4 Å². The zero-order valence-electron chi connectivity index (χ0n) is 22.5. The van der Waals surface area contributed by atoms with Gasteiger partial charge in [-0.1, -0.05) is 0 Å². The third kappa shape index (κ3) is 4.75. The van der Waals surface area contributed by atoms with Gasteiger partial charge in [-0.15, -0.1) is 5.10 Å². The quantitative estimate of drug-likeness (QED) is 0.391. The highest BCUT2D eigenvalue weighted by Crippen LogP contribution is 2.39. The van der Waals surface area contributed by atoms with Crippen molar-refractivity contribution < 1.29 is 18.3 Å². The van der Waals surface area contributed by atoms with Crippen molar-refractivity contribution in [3.05, 3.63) is 59.2 Å². The van der Waals surface area contributed by atoms with Crippen LogP contribution >= 0.6 is 0 Å². The third-order valence-electron chi connectivity index (χ3n) is 7.18. The zero-order chi connectivity index (χ0) is 27.5. The minimum Gasteiger partial charge on any atom is -0.378 e. The average molecular weight is 536 g/mol. The standard InChI is InChI=1S/C28H31F2N7O2/c1-16-11-21(29)22(32-27(38)20-15-31-37(25(20)30)28(2,3)4)14-19(16)18-12-23-33-26(17-5-6-17)34-36(23)24(13-18)35-7-9-39-10-8-35/h11-15,17H,5-10H2,1-4H3,(H,32,38). The van der Waals surface area contributed by atoms with E-state index in [0.717, 1.165) is 46.5 Å². The number of pyridine rings is 1. The van der Waals surface area contributed by atoms with Gasteiger partial charge in [0.15, 0.2) is 11.5 Å². The number of morpholine rings is 1. The van der Waals surface area contributed by atoms with E-state index >= 15 is 4.39 Å². The number of nitrogens with zero attached hydrogens (tertiary/aromatic N) is 6. The van der Waals surface area contributed by atoms with Crippen LogP contribution in [0.25, 0.3) is 16.8 Å². The number of aryl methyl sites for hydroxylation is 1. The number of rotatable bonds is 5. The molecule has 2 fully saturated rings. The molecular weight excluding hydrogens is 504 g/mol. The molecule has 0 radical (unpaired) electrons. The van der Waals surface area contributed by atoms with Gasteiger partial charge in [0.25, 0.3) is 5.91 Å². The highest BCUT2D eigenvalue weighted by atomic mass is 19.1. The second-order valence-electron chi connectivity index (χ2n) is 11.2. The Balaban J connectivity index is 1.39. The molecule has 1 saturated heterocycles. The molecule has 1 aromatic carbocycles. The van der Waals surface area contributed by atoms with Crippen molar-refractivity contribution in [3.8, 4) is 11.1 Å². The summed E-state index contributed by atoms with van der Waals surface area (Å²) in [5.74, 6) is -0.0387. The van der Waals surface area contributed by atoms with E-state index in [4.69, 9.17) is 14.8 Å². The largest absolute Gasteiger partial charge is 0.378 e. The lowest BCUT2D eigenvalue weighted by Gasteiger charge is -2.29. The minimum absolute atomic E-state index is 0.0450. The lowest BCUT2D eigenvalue weighted by atomic mass is 9.99. The van der Waals surface area contributed by atoms with Crippen LogP contribution in [0.4, 0.5) is 20.3 Å². The molecule has 1 saturated carbocycles. The molecule has 9 nitrogen and oxygen atoms in total. The fraction of sp³-hybridized carbons (Fsp3) is 0.429. The third-order valence-corrected chi connectivity index (χ3v) is 7.18. The molecule has 0 bridgehead atoms. The summed E-state index contributed by atoms with van der Waals surface area (Å²) < 4.78 is 38.6. The zero-order valence-corrected chi connectivity index (χ0v) is 22.5. The van der Waals surface area contributed by atoms with Gasteiger partial charge in [-0.2, -0.15) is 14.0 Å². The van der Waals surface area contributed by atoms with Crippen LogP contribution in [0.1, 0.15) is 61.3 Å². The smallest absolute Gasteiger partial charge is 0.262 e. The van der Waals surface area contributed by atoms with E-state index in [2.05, 4.69) is 15.3 Å². The number of halogens is 2. The first-order valence-corrected chi connectivity index (χ1v) is 13.2. The first-order valence-electron chi connectivity index (χ1n) is 13.2. The molecule has 0 unspecified atom stereocenters. The van der Waals surface area contributed by atoms with Crippen molar-refractivity contribution >= 4 is 23.1 Å². The van der Waals surface area contributed by atoms with Crippen LogP contribution in [0, 0.1) is 18.7 Å². The summed E-state index contributed by atoms with van der Waals surface area (Å²) in [5, 5.41) is 11.4. The highest BCUT2D eigenvalue weighted by molar-refractivity contribution is 6.04. The summed E-state index contributed by atoms with van der Waals surface area (Å²) in [4.78, 5) is 20.0. The lowest BCUT2D eigenvalue weighted by molar-refractivity contribution is 0.102. The molecule has 2 aliphatic rings. The molecule has 6 rings (SSSR count). The molecule has 11 heteroatoms. The van der Waals surface area contributed by atoms with Gasteiger partial charge >= 0.3 is 0 Å². The molecule has 39 heavy (non-hydrogen) atoms. The van der Waals surface area contributed by atoms with Crippen LogP contribution in [0.15, 0.2) is 30.5 Å². The number of aromatic nitrogens is 5. The number of carbonyl (C=O) groups is 1. The van der Waals surface area contributed by atoms with Crippen LogP contribution in [0.2, 0.25) is 0 Å². The van der Waals surface area contributed by atoms with Crippen molar-refractivity contribution in [1.82, 2.24) is 24.4 Å². The van der Waals surface area contributed by atoms with Crippen LogP contribution < -0.4 is 10.2 Å². The molecule has 1 aliphatic carbocycles. The second-order valence-corrected chi connectivity index (χ2v) is 11.2. The van der Waals surface area contributed by atoms with E-state index in [9.17, 15) is 9.18 Å². The van der Waals surface area contributed by atoms with E-state index < -0.39 is 23.2 Å². The second kappa shape index (κ2) is 9.41. The van der Waals surface area contributed by atoms with E-state index in [1.807, 2.05) is 23.6 Å². The number of carbonyl (C=O) groups excluding carboxylic acids is 1. The normalized spacial score (nSPS) is 16.2.